The fourth-order valence-electron chi connectivity index (χ4n) is 2.82. The molecule has 2 heterocycles. The molecule has 0 spiro atoms. The number of nitrogens with zero attached hydrogens (tertiary/aromatic N) is 3. The van der Waals surface area contributed by atoms with E-state index in [1.807, 2.05) is 14.7 Å². The van der Waals surface area contributed by atoms with Crippen LogP contribution in [-0.2, 0) is 4.79 Å². The van der Waals surface area contributed by atoms with Crippen molar-refractivity contribution in [3.8, 4) is 0 Å². The molecule has 19 heavy (non-hydrogen) atoms. The van der Waals surface area contributed by atoms with Gasteiger partial charge in [0.05, 0.1) is 0 Å². The maximum Gasteiger partial charge on any atom is 0.320 e. The maximum absolute atomic E-state index is 12.4. The first kappa shape index (κ1) is 14.2. The van der Waals surface area contributed by atoms with Crippen LogP contribution in [0.5, 0.6) is 0 Å². The zero-order valence-corrected chi connectivity index (χ0v) is 12.1. The largest absolute Gasteiger partial charge is 0.341 e. The molecule has 5 heteroatoms. The Kier molecular flexibility index (Phi) is 4.66. The van der Waals surface area contributed by atoms with Gasteiger partial charge in [0.1, 0.15) is 0 Å². The lowest BCUT2D eigenvalue weighted by atomic mass is 9.99. The molecule has 0 bridgehead atoms. The summed E-state index contributed by atoms with van der Waals surface area (Å²) in [5.41, 5.74) is 0. The van der Waals surface area contributed by atoms with Crippen LogP contribution in [0.4, 0.5) is 4.79 Å². The summed E-state index contributed by atoms with van der Waals surface area (Å²) in [6.07, 6.45) is 3.11. The van der Waals surface area contributed by atoms with E-state index in [4.69, 9.17) is 0 Å². The van der Waals surface area contributed by atoms with Gasteiger partial charge in [-0.25, -0.2) is 4.79 Å². The zero-order valence-electron chi connectivity index (χ0n) is 12.1. The van der Waals surface area contributed by atoms with Crippen LogP contribution in [0.25, 0.3) is 0 Å². The number of piperidine rings is 1. The normalized spacial score (nSPS) is 22.3. The Balaban J connectivity index is 1.87. The van der Waals surface area contributed by atoms with Crippen molar-refractivity contribution in [3.05, 3.63) is 0 Å². The summed E-state index contributed by atoms with van der Waals surface area (Å²) in [4.78, 5) is 29.5. The average molecular weight is 267 g/mol. The number of carbonyl (C=O) groups excluding carboxylic acids is 2. The molecule has 2 aliphatic heterocycles. The maximum atomic E-state index is 12.4. The van der Waals surface area contributed by atoms with E-state index in [0.717, 1.165) is 51.4 Å². The SMILES string of the molecule is CC(=O)N1CCCN(C(=O)N2CCC(C)CC2)CC1. The van der Waals surface area contributed by atoms with Crippen LogP contribution in [0.2, 0.25) is 0 Å². The van der Waals surface area contributed by atoms with Gasteiger partial charge >= 0.3 is 6.03 Å². The van der Waals surface area contributed by atoms with E-state index >= 15 is 0 Å². The van der Waals surface area contributed by atoms with Gasteiger partial charge in [-0.15, -0.1) is 0 Å². The third kappa shape index (κ3) is 3.61. The van der Waals surface area contributed by atoms with Crippen molar-refractivity contribution in [2.75, 3.05) is 39.3 Å². The van der Waals surface area contributed by atoms with Gasteiger partial charge < -0.3 is 14.7 Å². The summed E-state index contributed by atoms with van der Waals surface area (Å²) in [5, 5.41) is 0. The summed E-state index contributed by atoms with van der Waals surface area (Å²) in [6, 6.07) is 0.164. The third-order valence-electron chi connectivity index (χ3n) is 4.27. The third-order valence-corrected chi connectivity index (χ3v) is 4.27. The highest BCUT2D eigenvalue weighted by molar-refractivity contribution is 5.75. The number of hydrogen-bond acceptors (Lipinski definition) is 2. The fourth-order valence-corrected chi connectivity index (χ4v) is 2.82. The highest BCUT2D eigenvalue weighted by Crippen LogP contribution is 2.18. The van der Waals surface area contributed by atoms with Crippen LogP contribution in [-0.4, -0.2) is 65.9 Å². The lowest BCUT2D eigenvalue weighted by Crippen LogP contribution is -2.47. The minimum atomic E-state index is 0.112. The number of hydrogen-bond donors (Lipinski definition) is 0. The second kappa shape index (κ2) is 6.26. The van der Waals surface area contributed by atoms with Crippen LogP contribution < -0.4 is 0 Å². The van der Waals surface area contributed by atoms with Gasteiger partial charge in [-0.05, 0) is 25.2 Å². The van der Waals surface area contributed by atoms with Crippen LogP contribution in [0.3, 0.4) is 0 Å². The Morgan fingerprint density at radius 2 is 1.37 bits per heavy atom. The Labute approximate surface area is 115 Å². The predicted octanol–water partition coefficient (Wildman–Crippen LogP) is 1.39. The van der Waals surface area contributed by atoms with Gasteiger partial charge in [0, 0.05) is 46.2 Å². The molecule has 2 saturated heterocycles. The first-order valence-electron chi connectivity index (χ1n) is 7.37. The molecular formula is C14H25N3O2. The van der Waals surface area contributed by atoms with Crippen LogP contribution in [0.15, 0.2) is 0 Å². The van der Waals surface area contributed by atoms with Gasteiger partial charge in [0.15, 0.2) is 0 Å². The van der Waals surface area contributed by atoms with Crippen molar-refractivity contribution in [2.24, 2.45) is 5.92 Å². The van der Waals surface area contributed by atoms with E-state index in [9.17, 15) is 9.59 Å². The number of amides is 3. The van der Waals surface area contributed by atoms with Crippen molar-refractivity contribution in [1.29, 1.82) is 0 Å². The molecule has 0 atom stereocenters. The smallest absolute Gasteiger partial charge is 0.320 e. The molecule has 0 aliphatic carbocycles. The van der Waals surface area contributed by atoms with Crippen molar-refractivity contribution in [2.45, 2.75) is 33.1 Å². The van der Waals surface area contributed by atoms with E-state index in [0.29, 0.717) is 13.1 Å². The number of carbonyl (C=O) groups is 2. The second-order valence-electron chi connectivity index (χ2n) is 5.80. The topological polar surface area (TPSA) is 43.9 Å². The molecule has 0 aromatic heterocycles. The summed E-state index contributed by atoms with van der Waals surface area (Å²) in [7, 11) is 0. The second-order valence-corrected chi connectivity index (χ2v) is 5.80. The molecule has 0 aromatic rings. The molecule has 2 rings (SSSR count). The molecule has 3 amide bonds. The Morgan fingerprint density at radius 3 is 2.00 bits per heavy atom. The number of likely N-dealkylation sites (tertiary alicyclic amines) is 1. The minimum Gasteiger partial charge on any atom is -0.341 e. The van der Waals surface area contributed by atoms with E-state index in [2.05, 4.69) is 6.92 Å². The standard InChI is InChI=1S/C14H25N3O2/c1-12-4-8-17(9-5-12)14(19)16-7-3-6-15(10-11-16)13(2)18/h12H,3-11H2,1-2H3. The first-order chi connectivity index (χ1) is 9.08. The molecule has 0 N–H and O–H groups in total. The van der Waals surface area contributed by atoms with Crippen molar-refractivity contribution in [1.82, 2.24) is 14.7 Å². The zero-order chi connectivity index (χ0) is 13.8. The minimum absolute atomic E-state index is 0.112. The van der Waals surface area contributed by atoms with E-state index in [1.165, 1.54) is 0 Å². The Hall–Kier alpha value is -1.26. The van der Waals surface area contributed by atoms with Gasteiger partial charge in [-0.3, -0.25) is 4.79 Å². The Morgan fingerprint density at radius 1 is 0.842 bits per heavy atom. The summed E-state index contributed by atoms with van der Waals surface area (Å²) in [6.45, 7) is 8.50. The quantitative estimate of drug-likeness (QED) is 0.666. The lowest BCUT2D eigenvalue weighted by molar-refractivity contribution is -0.128. The summed E-state index contributed by atoms with van der Waals surface area (Å²) in [5.74, 6) is 0.850. The van der Waals surface area contributed by atoms with Crippen molar-refractivity contribution < 1.29 is 9.59 Å². The first-order valence-corrected chi connectivity index (χ1v) is 7.37. The Bertz CT molecular complexity index is 338. The molecule has 0 saturated carbocycles. The molecular weight excluding hydrogens is 242 g/mol. The molecule has 0 unspecified atom stereocenters. The average Bonchev–Trinajstić information content (AvgIpc) is 2.64. The fraction of sp³-hybridized carbons (Fsp3) is 0.857. The van der Waals surface area contributed by atoms with Gasteiger partial charge in [-0.1, -0.05) is 6.92 Å². The molecule has 2 fully saturated rings. The highest BCUT2D eigenvalue weighted by atomic mass is 16.2. The van der Waals surface area contributed by atoms with Gasteiger partial charge in [0.25, 0.3) is 0 Å². The van der Waals surface area contributed by atoms with E-state index in [1.54, 1.807) is 6.92 Å². The summed E-state index contributed by atoms with van der Waals surface area (Å²) >= 11 is 0. The monoisotopic (exact) mass is 267 g/mol. The number of rotatable bonds is 0. The molecule has 0 aromatic carbocycles. The highest BCUT2D eigenvalue weighted by Gasteiger charge is 2.26. The van der Waals surface area contributed by atoms with Crippen LogP contribution >= 0.6 is 0 Å². The van der Waals surface area contributed by atoms with E-state index < -0.39 is 0 Å². The van der Waals surface area contributed by atoms with E-state index in [-0.39, 0.29) is 11.9 Å². The van der Waals surface area contributed by atoms with Crippen molar-refractivity contribution >= 4 is 11.9 Å². The summed E-state index contributed by atoms with van der Waals surface area (Å²) < 4.78 is 0. The van der Waals surface area contributed by atoms with Crippen molar-refractivity contribution in [3.63, 3.8) is 0 Å². The predicted molar refractivity (Wildman–Crippen MR) is 73.8 cm³/mol. The van der Waals surface area contributed by atoms with Gasteiger partial charge in [-0.2, -0.15) is 0 Å². The van der Waals surface area contributed by atoms with Crippen LogP contribution in [0, 0.1) is 5.92 Å². The lowest BCUT2D eigenvalue weighted by Gasteiger charge is -2.34. The molecule has 0 radical (unpaired) electrons. The van der Waals surface area contributed by atoms with Crippen LogP contribution in [0.1, 0.15) is 33.1 Å². The molecule has 5 nitrogen and oxygen atoms in total. The molecule has 108 valence electrons. The number of urea groups is 1. The van der Waals surface area contributed by atoms with Gasteiger partial charge in [0.2, 0.25) is 5.91 Å². The molecule has 2 aliphatic rings.